The van der Waals surface area contributed by atoms with Crippen molar-refractivity contribution in [1.82, 2.24) is 9.55 Å². The number of rotatable bonds is 3. The third-order valence-electron chi connectivity index (χ3n) is 3.78. The van der Waals surface area contributed by atoms with Gasteiger partial charge in [-0.1, -0.05) is 0 Å². The average Bonchev–Trinajstić information content (AvgIpc) is 2.39. The van der Waals surface area contributed by atoms with Gasteiger partial charge in [0.2, 0.25) is 0 Å². The molecule has 0 unspecified atom stereocenters. The van der Waals surface area contributed by atoms with Gasteiger partial charge in [0.05, 0.1) is 36.5 Å². The van der Waals surface area contributed by atoms with E-state index in [1.165, 1.54) is 10.9 Å². The molecule has 1 saturated carbocycles. The van der Waals surface area contributed by atoms with Gasteiger partial charge in [-0.3, -0.25) is 9.36 Å². The van der Waals surface area contributed by atoms with Gasteiger partial charge < -0.3 is 9.84 Å². The minimum absolute atomic E-state index is 0.118. The maximum absolute atomic E-state index is 12.3. The SMILES string of the molecule is COc1ccc2c(=O)n(CC3(O)CCC3)cnc2c1. The molecular weight excluding hydrogens is 244 g/mol. The number of aliphatic hydroxyl groups is 1. The number of nitrogens with zero attached hydrogens (tertiary/aromatic N) is 2. The van der Waals surface area contributed by atoms with Crippen LogP contribution in [0.25, 0.3) is 10.9 Å². The molecule has 0 atom stereocenters. The van der Waals surface area contributed by atoms with Crippen molar-refractivity contribution < 1.29 is 9.84 Å². The van der Waals surface area contributed by atoms with Crippen LogP contribution in [0.3, 0.4) is 0 Å². The lowest BCUT2D eigenvalue weighted by Gasteiger charge is -2.36. The number of hydrogen-bond acceptors (Lipinski definition) is 4. The van der Waals surface area contributed by atoms with Gasteiger partial charge in [0.25, 0.3) is 5.56 Å². The van der Waals surface area contributed by atoms with Gasteiger partial charge in [0.15, 0.2) is 0 Å². The van der Waals surface area contributed by atoms with Crippen LogP contribution in [0.2, 0.25) is 0 Å². The van der Waals surface area contributed by atoms with Crippen LogP contribution >= 0.6 is 0 Å². The standard InChI is InChI=1S/C14H16N2O3/c1-19-10-3-4-11-12(7-10)15-9-16(13(11)17)8-14(18)5-2-6-14/h3-4,7,9,18H,2,5-6,8H2,1H3. The van der Waals surface area contributed by atoms with Gasteiger partial charge in [-0.25, -0.2) is 4.98 Å². The monoisotopic (exact) mass is 260 g/mol. The second-order valence-electron chi connectivity index (χ2n) is 5.14. The fourth-order valence-electron chi connectivity index (χ4n) is 2.44. The Morgan fingerprint density at radius 3 is 2.89 bits per heavy atom. The number of benzene rings is 1. The molecule has 0 aliphatic heterocycles. The number of fused-ring (bicyclic) bond motifs is 1. The Balaban J connectivity index is 2.03. The van der Waals surface area contributed by atoms with E-state index in [2.05, 4.69) is 4.98 Å². The van der Waals surface area contributed by atoms with Crippen LogP contribution in [0.1, 0.15) is 19.3 Å². The normalized spacial score (nSPS) is 17.2. The molecule has 0 amide bonds. The van der Waals surface area contributed by atoms with Gasteiger partial charge in [-0.05, 0) is 31.4 Å². The highest BCUT2D eigenvalue weighted by Crippen LogP contribution is 2.32. The topological polar surface area (TPSA) is 64.3 Å². The molecule has 1 aromatic heterocycles. The molecule has 0 bridgehead atoms. The summed E-state index contributed by atoms with van der Waals surface area (Å²) in [7, 11) is 1.58. The largest absolute Gasteiger partial charge is 0.497 e. The highest BCUT2D eigenvalue weighted by Gasteiger charge is 2.35. The van der Waals surface area contributed by atoms with E-state index in [-0.39, 0.29) is 5.56 Å². The molecular formula is C14H16N2O3. The molecule has 5 nitrogen and oxygen atoms in total. The molecule has 0 saturated heterocycles. The predicted octanol–water partition coefficient (Wildman–Crippen LogP) is 1.32. The Bertz CT molecular complexity index is 674. The first-order chi connectivity index (χ1) is 9.11. The van der Waals surface area contributed by atoms with Crippen LogP contribution in [0.5, 0.6) is 5.75 Å². The summed E-state index contributed by atoms with van der Waals surface area (Å²) < 4.78 is 6.60. The van der Waals surface area contributed by atoms with E-state index in [0.29, 0.717) is 23.2 Å². The first-order valence-corrected chi connectivity index (χ1v) is 6.37. The minimum Gasteiger partial charge on any atom is -0.497 e. The molecule has 1 heterocycles. The smallest absolute Gasteiger partial charge is 0.261 e. The van der Waals surface area contributed by atoms with E-state index < -0.39 is 5.60 Å². The summed E-state index contributed by atoms with van der Waals surface area (Å²) in [5, 5.41) is 10.7. The molecule has 5 heteroatoms. The Kier molecular flexibility index (Phi) is 2.78. The van der Waals surface area contributed by atoms with Crippen molar-refractivity contribution in [2.24, 2.45) is 0 Å². The van der Waals surface area contributed by atoms with Crippen molar-refractivity contribution in [2.45, 2.75) is 31.4 Å². The molecule has 0 radical (unpaired) electrons. The van der Waals surface area contributed by atoms with Gasteiger partial charge in [0, 0.05) is 6.07 Å². The highest BCUT2D eigenvalue weighted by atomic mass is 16.5. The van der Waals surface area contributed by atoms with Crippen LogP contribution in [0, 0.1) is 0 Å². The fraction of sp³-hybridized carbons (Fsp3) is 0.429. The van der Waals surface area contributed by atoms with Crippen molar-refractivity contribution >= 4 is 10.9 Å². The van der Waals surface area contributed by atoms with Crippen molar-refractivity contribution in [3.63, 3.8) is 0 Å². The zero-order valence-electron chi connectivity index (χ0n) is 10.8. The fourth-order valence-corrected chi connectivity index (χ4v) is 2.44. The van der Waals surface area contributed by atoms with E-state index in [1.807, 2.05) is 0 Å². The molecule has 1 N–H and O–H groups in total. The summed E-state index contributed by atoms with van der Waals surface area (Å²) in [5.41, 5.74) is -0.236. The van der Waals surface area contributed by atoms with Crippen LogP contribution in [0.4, 0.5) is 0 Å². The second kappa shape index (κ2) is 4.35. The van der Waals surface area contributed by atoms with Crippen LogP contribution in [-0.4, -0.2) is 27.4 Å². The number of methoxy groups -OCH3 is 1. The number of aromatic nitrogens is 2. The summed E-state index contributed by atoms with van der Waals surface area (Å²) in [6.07, 6.45) is 4.02. The van der Waals surface area contributed by atoms with Crippen molar-refractivity contribution in [3.05, 3.63) is 34.9 Å². The molecule has 1 aromatic carbocycles. The first-order valence-electron chi connectivity index (χ1n) is 6.37. The Morgan fingerprint density at radius 1 is 1.47 bits per heavy atom. The first kappa shape index (κ1) is 12.2. The van der Waals surface area contributed by atoms with Gasteiger partial charge >= 0.3 is 0 Å². The zero-order chi connectivity index (χ0) is 13.5. The Labute approximate surface area is 110 Å². The van der Waals surface area contributed by atoms with Gasteiger partial charge in [0.1, 0.15) is 5.75 Å². The molecule has 1 aliphatic rings. The lowest BCUT2D eigenvalue weighted by atomic mass is 9.80. The van der Waals surface area contributed by atoms with E-state index in [4.69, 9.17) is 4.74 Å². The zero-order valence-corrected chi connectivity index (χ0v) is 10.8. The Hall–Kier alpha value is -1.88. The van der Waals surface area contributed by atoms with Crippen LogP contribution < -0.4 is 10.3 Å². The Morgan fingerprint density at radius 2 is 2.26 bits per heavy atom. The summed E-state index contributed by atoms with van der Waals surface area (Å²) in [5.74, 6) is 0.676. The van der Waals surface area contributed by atoms with Crippen LogP contribution in [-0.2, 0) is 6.54 Å². The molecule has 3 rings (SSSR count). The number of hydrogen-bond donors (Lipinski definition) is 1. The van der Waals surface area contributed by atoms with Crippen LogP contribution in [0.15, 0.2) is 29.3 Å². The second-order valence-corrected chi connectivity index (χ2v) is 5.14. The molecule has 19 heavy (non-hydrogen) atoms. The summed E-state index contributed by atoms with van der Waals surface area (Å²) >= 11 is 0. The maximum Gasteiger partial charge on any atom is 0.261 e. The minimum atomic E-state index is -0.731. The van der Waals surface area contributed by atoms with E-state index >= 15 is 0 Å². The third-order valence-corrected chi connectivity index (χ3v) is 3.78. The van der Waals surface area contributed by atoms with Crippen molar-refractivity contribution in [3.8, 4) is 5.75 Å². The van der Waals surface area contributed by atoms with Gasteiger partial charge in [-0.15, -0.1) is 0 Å². The van der Waals surface area contributed by atoms with E-state index in [0.717, 1.165) is 19.3 Å². The summed E-state index contributed by atoms with van der Waals surface area (Å²) in [6, 6.07) is 5.19. The molecule has 2 aromatic rings. The molecule has 1 aliphatic carbocycles. The van der Waals surface area contributed by atoms with E-state index in [9.17, 15) is 9.90 Å². The number of ether oxygens (including phenoxy) is 1. The van der Waals surface area contributed by atoms with Gasteiger partial charge in [-0.2, -0.15) is 0 Å². The molecule has 0 spiro atoms. The highest BCUT2D eigenvalue weighted by molar-refractivity contribution is 5.78. The maximum atomic E-state index is 12.3. The van der Waals surface area contributed by atoms with Crippen molar-refractivity contribution in [2.75, 3.05) is 7.11 Å². The van der Waals surface area contributed by atoms with E-state index in [1.54, 1.807) is 25.3 Å². The summed E-state index contributed by atoms with van der Waals surface area (Å²) in [4.78, 5) is 16.6. The quantitative estimate of drug-likeness (QED) is 0.904. The average molecular weight is 260 g/mol. The lowest BCUT2D eigenvalue weighted by molar-refractivity contribution is -0.0481. The predicted molar refractivity (Wildman–Crippen MR) is 71.4 cm³/mol. The third kappa shape index (κ3) is 2.10. The molecule has 1 fully saturated rings. The summed E-state index contributed by atoms with van der Waals surface area (Å²) in [6.45, 7) is 0.320. The lowest BCUT2D eigenvalue weighted by Crippen LogP contribution is -2.43. The van der Waals surface area contributed by atoms with Crippen molar-refractivity contribution in [1.29, 1.82) is 0 Å². The molecule has 100 valence electrons.